The lowest BCUT2D eigenvalue weighted by Gasteiger charge is -2.03. The van der Waals surface area contributed by atoms with Gasteiger partial charge in [-0.05, 0) is 19.3 Å². The van der Waals surface area contributed by atoms with E-state index in [1.54, 1.807) is 0 Å². The fraction of sp³-hybridized carbons (Fsp3) is 0.913. The average Bonchev–Trinajstić information content (AvgIpc) is 2.61. The Morgan fingerprint density at radius 2 is 0.808 bits per heavy atom. The molecule has 0 aromatic rings. The number of carbonyl (C=O) groups excluding carboxylic acids is 1. The third kappa shape index (κ3) is 21.2. The summed E-state index contributed by atoms with van der Waals surface area (Å²) in [5.41, 5.74) is 0. The normalized spacial score (nSPS) is 11.0. The number of carboxylic acids is 1. The molecule has 154 valence electrons. The van der Waals surface area contributed by atoms with Crippen LogP contribution in [0, 0.1) is 0 Å². The van der Waals surface area contributed by atoms with Crippen LogP contribution in [0.5, 0.6) is 0 Å². The number of aliphatic carboxylic acids is 1. The summed E-state index contributed by atoms with van der Waals surface area (Å²) >= 11 is 0. The smallest absolute Gasteiger partial charge is 0.303 e. The zero-order chi connectivity index (χ0) is 19.3. The van der Waals surface area contributed by atoms with Gasteiger partial charge >= 0.3 is 5.97 Å². The first-order valence-corrected chi connectivity index (χ1v) is 11.4. The summed E-state index contributed by atoms with van der Waals surface area (Å²) < 4.78 is 0. The van der Waals surface area contributed by atoms with Gasteiger partial charge in [0.05, 0.1) is 0 Å². The van der Waals surface area contributed by atoms with Gasteiger partial charge in [0, 0.05) is 19.3 Å². The first-order valence-electron chi connectivity index (χ1n) is 11.4. The number of carboxylic acid groups (broad SMARTS) is 1. The van der Waals surface area contributed by atoms with Gasteiger partial charge in [0.25, 0.3) is 0 Å². The van der Waals surface area contributed by atoms with Gasteiger partial charge in [-0.2, -0.15) is 0 Å². The van der Waals surface area contributed by atoms with Crippen molar-refractivity contribution in [3.8, 4) is 0 Å². The van der Waals surface area contributed by atoms with Gasteiger partial charge in [-0.15, -0.1) is 0 Å². The largest absolute Gasteiger partial charge is 0.481 e. The van der Waals surface area contributed by atoms with E-state index in [1.807, 2.05) is 0 Å². The maximum absolute atomic E-state index is 11.9. The molecule has 0 saturated carbocycles. The van der Waals surface area contributed by atoms with Gasteiger partial charge in [-0.3, -0.25) is 9.59 Å². The summed E-state index contributed by atoms with van der Waals surface area (Å²) in [6.45, 7) is 2.26. The monoisotopic (exact) mass is 368 g/mol. The van der Waals surface area contributed by atoms with E-state index in [0.717, 1.165) is 51.4 Å². The molecule has 3 nitrogen and oxygen atoms in total. The Kier molecular flexibility index (Phi) is 19.8. The van der Waals surface area contributed by atoms with Crippen LogP contribution < -0.4 is 0 Å². The Morgan fingerprint density at radius 1 is 0.500 bits per heavy atom. The van der Waals surface area contributed by atoms with Crippen LogP contribution in [0.15, 0.2) is 0 Å². The third-order valence-corrected chi connectivity index (χ3v) is 5.16. The highest BCUT2D eigenvalue weighted by Gasteiger charge is 2.02. The van der Waals surface area contributed by atoms with E-state index in [1.165, 1.54) is 70.6 Å². The Bertz CT molecular complexity index is 325. The molecule has 0 atom stereocenters. The summed E-state index contributed by atoms with van der Waals surface area (Å²) in [6.07, 6.45) is 22.5. The molecule has 3 heteroatoms. The molecule has 26 heavy (non-hydrogen) atoms. The van der Waals surface area contributed by atoms with Gasteiger partial charge in [-0.25, -0.2) is 0 Å². The molecule has 0 aliphatic carbocycles. The number of carbonyl (C=O) groups is 2. The van der Waals surface area contributed by atoms with E-state index in [0.29, 0.717) is 12.2 Å². The van der Waals surface area contributed by atoms with E-state index in [9.17, 15) is 9.59 Å². The third-order valence-electron chi connectivity index (χ3n) is 5.16. The van der Waals surface area contributed by atoms with E-state index in [4.69, 9.17) is 5.11 Å². The van der Waals surface area contributed by atoms with E-state index in [-0.39, 0.29) is 0 Å². The van der Waals surface area contributed by atoms with Crippen LogP contribution in [0.2, 0.25) is 0 Å². The molecule has 0 rings (SSSR count). The number of hydrogen-bond acceptors (Lipinski definition) is 2. The molecule has 0 aromatic heterocycles. The zero-order valence-electron chi connectivity index (χ0n) is 17.4. The van der Waals surface area contributed by atoms with Crippen LogP contribution in [-0.4, -0.2) is 16.9 Å². The molecular formula is C23H44O3. The van der Waals surface area contributed by atoms with Crippen molar-refractivity contribution in [2.75, 3.05) is 0 Å². The van der Waals surface area contributed by atoms with Crippen LogP contribution in [0.4, 0.5) is 0 Å². The summed E-state index contributed by atoms with van der Waals surface area (Å²) in [5.74, 6) is -0.239. The van der Waals surface area contributed by atoms with Gasteiger partial charge in [-0.1, -0.05) is 96.8 Å². The van der Waals surface area contributed by atoms with Crippen molar-refractivity contribution in [3.63, 3.8) is 0 Å². The van der Waals surface area contributed by atoms with Crippen molar-refractivity contribution in [1.29, 1.82) is 0 Å². The van der Waals surface area contributed by atoms with Crippen LogP contribution in [0.25, 0.3) is 0 Å². The van der Waals surface area contributed by atoms with E-state index < -0.39 is 5.97 Å². The SMILES string of the molecule is CCCCCCCCCCCCC(=O)CCCCCCCCCC(=O)O. The predicted octanol–water partition coefficient (Wildman–Crippen LogP) is 7.46. The summed E-state index contributed by atoms with van der Waals surface area (Å²) in [7, 11) is 0. The maximum Gasteiger partial charge on any atom is 0.303 e. The molecular weight excluding hydrogens is 324 g/mol. The van der Waals surface area contributed by atoms with Gasteiger partial charge in [0.15, 0.2) is 0 Å². The minimum Gasteiger partial charge on any atom is -0.481 e. The molecule has 0 aliphatic rings. The van der Waals surface area contributed by atoms with Gasteiger partial charge in [0.1, 0.15) is 5.78 Å². The lowest BCUT2D eigenvalue weighted by molar-refractivity contribution is -0.137. The molecule has 1 N–H and O–H groups in total. The molecule has 0 aliphatic heterocycles. The second-order valence-corrected chi connectivity index (χ2v) is 7.84. The van der Waals surface area contributed by atoms with E-state index >= 15 is 0 Å². The van der Waals surface area contributed by atoms with E-state index in [2.05, 4.69) is 6.92 Å². The fourth-order valence-corrected chi connectivity index (χ4v) is 3.42. The topological polar surface area (TPSA) is 54.4 Å². The number of rotatable bonds is 21. The maximum atomic E-state index is 11.9. The van der Waals surface area contributed by atoms with Crippen LogP contribution in [-0.2, 0) is 9.59 Å². The van der Waals surface area contributed by atoms with Gasteiger partial charge in [0.2, 0.25) is 0 Å². The van der Waals surface area contributed by atoms with Crippen molar-refractivity contribution in [2.45, 2.75) is 135 Å². The number of hydrogen-bond donors (Lipinski definition) is 1. The molecule has 0 aromatic carbocycles. The minimum absolute atomic E-state index is 0.299. The van der Waals surface area contributed by atoms with Crippen molar-refractivity contribution in [2.24, 2.45) is 0 Å². The number of unbranched alkanes of at least 4 members (excludes halogenated alkanes) is 15. The number of Topliss-reactive ketones (excluding diaryl/α,β-unsaturated/α-hetero) is 1. The highest BCUT2D eigenvalue weighted by Crippen LogP contribution is 2.13. The molecule has 0 fully saturated rings. The second kappa shape index (κ2) is 20.5. The van der Waals surface area contributed by atoms with Crippen molar-refractivity contribution in [1.82, 2.24) is 0 Å². The predicted molar refractivity (Wildman–Crippen MR) is 111 cm³/mol. The Morgan fingerprint density at radius 3 is 1.15 bits per heavy atom. The average molecular weight is 369 g/mol. The molecule has 0 saturated heterocycles. The summed E-state index contributed by atoms with van der Waals surface area (Å²) in [5, 5.41) is 8.56. The summed E-state index contributed by atoms with van der Waals surface area (Å²) in [6, 6.07) is 0. The first-order chi connectivity index (χ1) is 12.7. The second-order valence-electron chi connectivity index (χ2n) is 7.84. The first kappa shape index (κ1) is 25.1. The lowest BCUT2D eigenvalue weighted by atomic mass is 10.0. The molecule has 0 heterocycles. The zero-order valence-corrected chi connectivity index (χ0v) is 17.4. The van der Waals surface area contributed by atoms with Crippen LogP contribution in [0.1, 0.15) is 135 Å². The van der Waals surface area contributed by atoms with Crippen molar-refractivity contribution in [3.05, 3.63) is 0 Å². The fourth-order valence-electron chi connectivity index (χ4n) is 3.42. The standard InChI is InChI=1S/C23H44O3/c1-2-3-4-5-6-7-8-10-13-16-19-22(24)20-17-14-11-9-12-15-18-21-23(25)26/h2-21H2,1H3,(H,25,26). The lowest BCUT2D eigenvalue weighted by Crippen LogP contribution is -1.97. The number of ketones is 1. The van der Waals surface area contributed by atoms with Crippen LogP contribution >= 0.6 is 0 Å². The molecule has 0 spiro atoms. The highest BCUT2D eigenvalue weighted by atomic mass is 16.4. The van der Waals surface area contributed by atoms with Gasteiger partial charge < -0.3 is 5.11 Å². The quantitative estimate of drug-likeness (QED) is 0.214. The molecule has 0 unspecified atom stereocenters. The van der Waals surface area contributed by atoms with Crippen molar-refractivity contribution >= 4 is 11.8 Å². The van der Waals surface area contributed by atoms with Crippen LogP contribution in [0.3, 0.4) is 0 Å². The highest BCUT2D eigenvalue weighted by molar-refractivity contribution is 5.78. The minimum atomic E-state index is -0.689. The summed E-state index contributed by atoms with van der Waals surface area (Å²) in [4.78, 5) is 22.3. The Labute approximate surface area is 162 Å². The Hall–Kier alpha value is -0.860. The van der Waals surface area contributed by atoms with Crippen molar-refractivity contribution < 1.29 is 14.7 Å². The molecule has 0 amide bonds. The molecule has 0 bridgehead atoms. The molecule has 0 radical (unpaired) electrons. The Balaban J connectivity index is 3.17.